The lowest BCUT2D eigenvalue weighted by molar-refractivity contribution is 0.886. The van der Waals surface area contributed by atoms with Crippen LogP contribution in [0.2, 0.25) is 0 Å². The Hall–Kier alpha value is -1.18. The number of aromatic nitrogens is 1. The summed E-state index contributed by atoms with van der Waals surface area (Å²) in [6, 6.07) is 4.01. The molecule has 0 fully saturated rings. The lowest BCUT2D eigenvalue weighted by atomic mass is 9.95. The third-order valence-corrected chi connectivity index (χ3v) is 2.05. The largest absolute Gasteiger partial charge is 0.309 e. The Morgan fingerprint density at radius 3 is 3.18 bits per heavy atom. The van der Waals surface area contributed by atoms with Crippen molar-refractivity contribution in [2.75, 3.05) is 0 Å². The minimum Gasteiger partial charge on any atom is -0.309 e. The number of rotatable bonds is 0. The molecule has 0 aliphatic heterocycles. The van der Waals surface area contributed by atoms with E-state index in [2.05, 4.69) is 11.1 Å². The summed E-state index contributed by atoms with van der Waals surface area (Å²) >= 11 is 0. The van der Waals surface area contributed by atoms with Crippen molar-refractivity contribution in [1.29, 1.82) is 5.41 Å². The third-order valence-electron chi connectivity index (χ3n) is 2.05. The molecule has 0 amide bonds. The molecule has 1 aromatic heterocycles. The van der Waals surface area contributed by atoms with Gasteiger partial charge in [-0.15, -0.1) is 0 Å². The van der Waals surface area contributed by atoms with Gasteiger partial charge in [0.2, 0.25) is 0 Å². The van der Waals surface area contributed by atoms with Gasteiger partial charge in [0.05, 0.1) is 0 Å². The maximum atomic E-state index is 7.49. The summed E-state index contributed by atoms with van der Waals surface area (Å²) in [5.41, 5.74) is 3.26. The molecular formula is C9H10N2. The molecular weight excluding hydrogens is 136 g/mol. The third kappa shape index (κ3) is 1.16. The predicted octanol–water partition coefficient (Wildman–Crippen LogP) is 1.59. The van der Waals surface area contributed by atoms with Gasteiger partial charge in [-0.25, -0.2) is 0 Å². The number of nitrogens with zero attached hydrogens (tertiary/aromatic N) is 1. The molecule has 1 N–H and O–H groups in total. The van der Waals surface area contributed by atoms with Gasteiger partial charge in [-0.05, 0) is 24.5 Å². The van der Waals surface area contributed by atoms with Crippen molar-refractivity contribution in [3.63, 3.8) is 0 Å². The molecule has 1 aromatic rings. The molecule has 1 heterocycles. The Morgan fingerprint density at radius 2 is 2.27 bits per heavy atom. The first-order valence-corrected chi connectivity index (χ1v) is 3.85. The quantitative estimate of drug-likeness (QED) is 0.593. The van der Waals surface area contributed by atoms with Gasteiger partial charge < -0.3 is 5.41 Å². The van der Waals surface area contributed by atoms with Crippen molar-refractivity contribution in [1.82, 2.24) is 4.98 Å². The zero-order valence-electron chi connectivity index (χ0n) is 6.30. The summed E-state index contributed by atoms with van der Waals surface area (Å²) in [6.45, 7) is 0. The van der Waals surface area contributed by atoms with E-state index in [0.29, 0.717) is 0 Å². The van der Waals surface area contributed by atoms with Gasteiger partial charge in [-0.2, -0.15) is 0 Å². The first kappa shape index (κ1) is 6.53. The lowest BCUT2D eigenvalue weighted by Gasteiger charge is -2.14. The van der Waals surface area contributed by atoms with Crippen molar-refractivity contribution in [3.8, 4) is 0 Å². The first-order valence-electron chi connectivity index (χ1n) is 3.85. The van der Waals surface area contributed by atoms with Crippen LogP contribution in [0.1, 0.15) is 17.7 Å². The fourth-order valence-electron chi connectivity index (χ4n) is 1.44. The van der Waals surface area contributed by atoms with E-state index in [4.69, 9.17) is 5.41 Å². The molecule has 11 heavy (non-hydrogen) atoms. The average molecular weight is 146 g/mol. The summed E-state index contributed by atoms with van der Waals surface area (Å²) in [4.78, 5) is 4.26. The van der Waals surface area contributed by atoms with Crippen LogP contribution < -0.4 is 0 Å². The Bertz CT molecular complexity index is 291. The van der Waals surface area contributed by atoms with E-state index in [1.807, 2.05) is 12.3 Å². The lowest BCUT2D eigenvalue weighted by Crippen LogP contribution is -2.13. The highest BCUT2D eigenvalue weighted by atomic mass is 14.7. The summed E-state index contributed by atoms with van der Waals surface area (Å²) in [7, 11) is 0. The zero-order chi connectivity index (χ0) is 7.68. The molecule has 2 heteroatoms. The average Bonchev–Trinajstić information content (AvgIpc) is 2.04. The Morgan fingerprint density at radius 1 is 1.36 bits per heavy atom. The summed E-state index contributed by atoms with van der Waals surface area (Å²) in [6.07, 6.45) is 4.48. The second-order valence-electron chi connectivity index (χ2n) is 2.89. The first-order chi connectivity index (χ1) is 5.36. The summed E-state index contributed by atoms with van der Waals surface area (Å²) < 4.78 is 0. The normalized spacial score (nSPS) is 16.2. The topological polar surface area (TPSA) is 36.7 Å². The standard InChI is InChI=1S/C9H10N2/c10-8-3-4-9-7(6-8)2-1-5-11-9/h1-2,5,10H,3-4,6H2. The smallest absolute Gasteiger partial charge is 0.0443 e. The van der Waals surface area contributed by atoms with Crippen LogP contribution in [0, 0.1) is 5.41 Å². The second kappa shape index (κ2) is 2.46. The van der Waals surface area contributed by atoms with E-state index in [1.54, 1.807) is 0 Å². The van der Waals surface area contributed by atoms with E-state index in [-0.39, 0.29) is 0 Å². The van der Waals surface area contributed by atoms with E-state index in [9.17, 15) is 0 Å². The molecule has 0 saturated carbocycles. The molecule has 0 spiro atoms. The van der Waals surface area contributed by atoms with Crippen molar-refractivity contribution in [2.45, 2.75) is 19.3 Å². The van der Waals surface area contributed by atoms with Crippen molar-refractivity contribution in [2.24, 2.45) is 0 Å². The van der Waals surface area contributed by atoms with E-state index >= 15 is 0 Å². The number of pyridine rings is 1. The number of nitrogens with one attached hydrogen (secondary N) is 1. The van der Waals surface area contributed by atoms with Gasteiger partial charge in [-0.3, -0.25) is 4.98 Å². The molecule has 2 rings (SSSR count). The highest BCUT2D eigenvalue weighted by molar-refractivity contribution is 5.85. The van der Waals surface area contributed by atoms with E-state index < -0.39 is 0 Å². The molecule has 2 nitrogen and oxygen atoms in total. The van der Waals surface area contributed by atoms with Gasteiger partial charge in [0.1, 0.15) is 0 Å². The van der Waals surface area contributed by atoms with Crippen molar-refractivity contribution < 1.29 is 0 Å². The maximum Gasteiger partial charge on any atom is 0.0443 e. The molecule has 1 aliphatic carbocycles. The maximum absolute atomic E-state index is 7.49. The fraction of sp³-hybridized carbons (Fsp3) is 0.333. The van der Waals surface area contributed by atoms with Gasteiger partial charge in [-0.1, -0.05) is 6.07 Å². The van der Waals surface area contributed by atoms with Gasteiger partial charge in [0.25, 0.3) is 0 Å². The number of fused-ring (bicyclic) bond motifs is 1. The van der Waals surface area contributed by atoms with Crippen molar-refractivity contribution >= 4 is 5.71 Å². The molecule has 0 atom stereocenters. The van der Waals surface area contributed by atoms with Crippen LogP contribution >= 0.6 is 0 Å². The predicted molar refractivity (Wildman–Crippen MR) is 44.0 cm³/mol. The van der Waals surface area contributed by atoms with E-state index in [1.165, 1.54) is 11.3 Å². The number of hydrogen-bond donors (Lipinski definition) is 1. The van der Waals surface area contributed by atoms with Crippen LogP contribution in [0.15, 0.2) is 18.3 Å². The molecule has 0 bridgehead atoms. The van der Waals surface area contributed by atoms with Crippen LogP contribution in [0.4, 0.5) is 0 Å². The summed E-state index contributed by atoms with van der Waals surface area (Å²) in [5.74, 6) is 0. The van der Waals surface area contributed by atoms with Crippen LogP contribution in [-0.4, -0.2) is 10.7 Å². The highest BCUT2D eigenvalue weighted by Gasteiger charge is 2.12. The molecule has 0 radical (unpaired) electrons. The molecule has 0 aromatic carbocycles. The monoisotopic (exact) mass is 146 g/mol. The second-order valence-corrected chi connectivity index (χ2v) is 2.89. The minimum absolute atomic E-state index is 0.809. The minimum atomic E-state index is 0.809. The van der Waals surface area contributed by atoms with Gasteiger partial charge in [0.15, 0.2) is 0 Å². The molecule has 56 valence electrons. The Kier molecular flexibility index (Phi) is 1.46. The number of aryl methyl sites for hydroxylation is 1. The molecule has 0 unspecified atom stereocenters. The van der Waals surface area contributed by atoms with Crippen LogP contribution in [0.5, 0.6) is 0 Å². The van der Waals surface area contributed by atoms with Crippen molar-refractivity contribution in [3.05, 3.63) is 29.6 Å². The molecule has 1 aliphatic rings. The molecule has 0 saturated heterocycles. The fourth-order valence-corrected chi connectivity index (χ4v) is 1.44. The van der Waals surface area contributed by atoms with Crippen LogP contribution in [0.25, 0.3) is 0 Å². The van der Waals surface area contributed by atoms with Crippen LogP contribution in [-0.2, 0) is 12.8 Å². The Balaban J connectivity index is 2.41. The zero-order valence-corrected chi connectivity index (χ0v) is 6.30. The van der Waals surface area contributed by atoms with Gasteiger partial charge in [0, 0.05) is 24.0 Å². The van der Waals surface area contributed by atoms with E-state index in [0.717, 1.165) is 25.0 Å². The van der Waals surface area contributed by atoms with Gasteiger partial charge >= 0.3 is 0 Å². The number of hydrogen-bond acceptors (Lipinski definition) is 2. The van der Waals surface area contributed by atoms with Crippen LogP contribution in [0.3, 0.4) is 0 Å². The highest BCUT2D eigenvalue weighted by Crippen LogP contribution is 2.15. The SMILES string of the molecule is N=C1CCc2ncccc2C1. The summed E-state index contributed by atoms with van der Waals surface area (Å²) in [5, 5.41) is 7.49. The Labute approximate surface area is 65.8 Å².